The minimum atomic E-state index is -1.12. The summed E-state index contributed by atoms with van der Waals surface area (Å²) in [5.41, 5.74) is 5.47. The fraction of sp³-hybridized carbons (Fsp3) is 0.219. The molecule has 14 heteroatoms. The zero-order valence-electron chi connectivity index (χ0n) is 43.0. The SMILES string of the molecule is COc1ccccc1C1C(C(=O)O)[C@H](c2ccccc2OC)C1C(=O)Oc1ccc(-c2ccc(OC)c(C3C(C(=O)OCc4cccc5ccccc45)[C@@H](c4ccccc4OC)[C@H]3C(=O)O)c2)c(-c2ccc3c(c2)OCO3)c1. The van der Waals surface area contributed by atoms with E-state index < -0.39 is 71.2 Å². The van der Waals surface area contributed by atoms with E-state index in [9.17, 15) is 24.6 Å². The van der Waals surface area contributed by atoms with Gasteiger partial charge in [0.25, 0.3) is 0 Å². The molecule has 8 aromatic rings. The summed E-state index contributed by atoms with van der Waals surface area (Å²) in [6, 6.07) is 50.9. The fourth-order valence-electron chi connectivity index (χ4n) is 12.2. The van der Waals surface area contributed by atoms with Gasteiger partial charge in [-0.05, 0) is 115 Å². The van der Waals surface area contributed by atoms with Gasteiger partial charge in [0.05, 0.1) is 52.1 Å². The average Bonchev–Trinajstić information content (AvgIpc) is 4.06. The minimum Gasteiger partial charge on any atom is -0.496 e. The molecule has 0 spiro atoms. The smallest absolute Gasteiger partial charge is 0.315 e. The zero-order chi connectivity index (χ0) is 54.2. The first-order valence-electron chi connectivity index (χ1n) is 25.4. The first kappa shape index (κ1) is 50.8. The van der Waals surface area contributed by atoms with Crippen LogP contribution in [0.15, 0.2) is 170 Å². The van der Waals surface area contributed by atoms with Gasteiger partial charge in [0.15, 0.2) is 11.5 Å². The van der Waals surface area contributed by atoms with Crippen molar-refractivity contribution in [3.63, 3.8) is 0 Å². The van der Waals surface area contributed by atoms with E-state index in [0.29, 0.717) is 79.0 Å². The van der Waals surface area contributed by atoms with Crippen LogP contribution in [0, 0.1) is 23.7 Å². The van der Waals surface area contributed by atoms with E-state index in [1.807, 2.05) is 66.7 Å². The molecule has 14 nitrogen and oxygen atoms in total. The van der Waals surface area contributed by atoms with Gasteiger partial charge in [0.2, 0.25) is 6.79 Å². The van der Waals surface area contributed by atoms with E-state index in [1.165, 1.54) is 28.4 Å². The molecule has 8 aromatic carbocycles. The number of carbonyl (C=O) groups excluding carboxylic acids is 2. The predicted molar refractivity (Wildman–Crippen MR) is 289 cm³/mol. The second-order valence-corrected chi connectivity index (χ2v) is 19.5. The molecule has 0 saturated heterocycles. The summed E-state index contributed by atoms with van der Waals surface area (Å²) in [6.45, 7) is -0.0198. The van der Waals surface area contributed by atoms with Crippen LogP contribution in [-0.4, -0.2) is 69.3 Å². The van der Waals surface area contributed by atoms with E-state index in [1.54, 1.807) is 103 Å². The molecular formula is C64H54O14. The number of carbonyl (C=O) groups is 4. The molecule has 2 N–H and O–H groups in total. The molecule has 0 radical (unpaired) electrons. The molecule has 0 aromatic heterocycles. The third kappa shape index (κ3) is 9.02. The van der Waals surface area contributed by atoms with Crippen LogP contribution in [0.5, 0.6) is 40.2 Å². The number of ether oxygens (including phenoxy) is 8. The number of hydrogen-bond donors (Lipinski definition) is 2. The third-order valence-electron chi connectivity index (χ3n) is 15.7. The standard InChI is InChI=1S/C64H54O14/c1-71-47-21-10-7-18-42(47)53-58(62(67)68)56(59(53)63(69)75-33-38-16-13-15-35-14-5-6-17-40(35)38)46-30-36(24-28-50(46)74-4)41-27-26-39(32-45(41)37-25-29-51-52(31-37)77-34-76-51)78-64(70)60-54(43-19-8-11-22-48(43)72-2)57(61(65)66)55(60)44-20-9-12-23-49(44)73-3/h5-32,53-60H,33-34H2,1-4H3,(H,65,66)(H,67,68)/t53-,54-,55?,56?,57?,58+,59?,60?/m0/s1. The molecule has 2 saturated carbocycles. The molecule has 2 aliphatic carbocycles. The van der Waals surface area contributed by atoms with Gasteiger partial charge in [-0.15, -0.1) is 0 Å². The van der Waals surface area contributed by atoms with Crippen LogP contribution < -0.4 is 33.2 Å². The van der Waals surface area contributed by atoms with E-state index in [0.717, 1.165) is 16.3 Å². The fourth-order valence-corrected chi connectivity index (χ4v) is 12.2. The lowest BCUT2D eigenvalue weighted by Crippen LogP contribution is -2.52. The van der Waals surface area contributed by atoms with Gasteiger partial charge >= 0.3 is 23.9 Å². The van der Waals surface area contributed by atoms with Crippen molar-refractivity contribution >= 4 is 34.6 Å². The number of fused-ring (bicyclic) bond motifs is 2. The van der Waals surface area contributed by atoms with Crippen molar-refractivity contribution in [2.24, 2.45) is 23.7 Å². The Hall–Kier alpha value is -9.30. The minimum absolute atomic E-state index is 0.0259. The average molecular weight is 1050 g/mol. The Morgan fingerprint density at radius 3 is 1.56 bits per heavy atom. The number of methoxy groups -OCH3 is 4. The van der Waals surface area contributed by atoms with Crippen molar-refractivity contribution in [2.75, 3.05) is 35.2 Å². The van der Waals surface area contributed by atoms with Crippen LogP contribution in [0.25, 0.3) is 33.0 Å². The van der Waals surface area contributed by atoms with E-state index >= 15 is 4.79 Å². The second-order valence-electron chi connectivity index (χ2n) is 19.5. The number of carboxylic acid groups (broad SMARTS) is 2. The number of aliphatic carboxylic acids is 2. The topological polar surface area (TPSA) is 183 Å². The lowest BCUT2D eigenvalue weighted by Gasteiger charge is -2.49. The summed E-state index contributed by atoms with van der Waals surface area (Å²) in [6.07, 6.45) is 0. The van der Waals surface area contributed by atoms with Crippen LogP contribution >= 0.6 is 0 Å². The first-order chi connectivity index (χ1) is 38.0. The summed E-state index contributed by atoms with van der Waals surface area (Å²) in [5.74, 6) is -8.17. The summed E-state index contributed by atoms with van der Waals surface area (Å²) in [4.78, 5) is 56.9. The lowest BCUT2D eigenvalue weighted by atomic mass is 9.52. The normalized spacial score (nSPS) is 20.8. The number of hydrogen-bond acceptors (Lipinski definition) is 12. The third-order valence-corrected chi connectivity index (χ3v) is 15.7. The summed E-state index contributed by atoms with van der Waals surface area (Å²) < 4.78 is 47.3. The van der Waals surface area contributed by atoms with Gasteiger partial charge in [-0.25, -0.2) is 0 Å². The highest BCUT2D eigenvalue weighted by molar-refractivity contribution is 5.91. The maximum absolute atomic E-state index is 15.0. The maximum atomic E-state index is 15.0. The monoisotopic (exact) mass is 1050 g/mol. The predicted octanol–water partition coefficient (Wildman–Crippen LogP) is 11.7. The highest BCUT2D eigenvalue weighted by atomic mass is 16.7. The van der Waals surface area contributed by atoms with Crippen molar-refractivity contribution < 1.29 is 67.3 Å². The Balaban J connectivity index is 1.00. The van der Waals surface area contributed by atoms with Crippen molar-refractivity contribution in [2.45, 2.75) is 30.3 Å². The highest BCUT2D eigenvalue weighted by Gasteiger charge is 2.62. The first-order valence-corrected chi connectivity index (χ1v) is 25.4. The van der Waals surface area contributed by atoms with E-state index in [4.69, 9.17) is 37.9 Å². The van der Waals surface area contributed by atoms with Crippen LogP contribution in [0.4, 0.5) is 0 Å². The van der Waals surface area contributed by atoms with Gasteiger partial charge in [-0.2, -0.15) is 0 Å². The Bertz CT molecular complexity index is 3560. The Morgan fingerprint density at radius 2 is 0.962 bits per heavy atom. The molecular weight excluding hydrogens is 993 g/mol. The summed E-state index contributed by atoms with van der Waals surface area (Å²) in [5, 5.41) is 23.9. The molecule has 78 heavy (non-hydrogen) atoms. The molecule has 394 valence electrons. The molecule has 5 unspecified atom stereocenters. The van der Waals surface area contributed by atoms with Crippen molar-refractivity contribution in [1.82, 2.24) is 0 Å². The molecule has 0 bridgehead atoms. The van der Waals surface area contributed by atoms with Crippen molar-refractivity contribution in [3.8, 4) is 62.5 Å². The van der Waals surface area contributed by atoms with Crippen LogP contribution in [0.3, 0.4) is 0 Å². The number of carboxylic acids is 2. The Morgan fingerprint density at radius 1 is 0.462 bits per heavy atom. The van der Waals surface area contributed by atoms with Crippen LogP contribution in [-0.2, 0) is 30.5 Å². The quantitative estimate of drug-likeness (QED) is 0.0649. The summed E-state index contributed by atoms with van der Waals surface area (Å²) >= 11 is 0. The molecule has 1 heterocycles. The molecule has 2 fully saturated rings. The van der Waals surface area contributed by atoms with Gasteiger partial charge in [0, 0.05) is 23.7 Å². The van der Waals surface area contributed by atoms with Crippen molar-refractivity contribution in [1.29, 1.82) is 0 Å². The number of para-hydroxylation sites is 3. The van der Waals surface area contributed by atoms with Crippen LogP contribution in [0.2, 0.25) is 0 Å². The largest absolute Gasteiger partial charge is 0.496 e. The van der Waals surface area contributed by atoms with Gasteiger partial charge in [-0.3, -0.25) is 19.2 Å². The molecule has 1 aliphatic heterocycles. The lowest BCUT2D eigenvalue weighted by molar-refractivity contribution is -0.165. The molecule has 8 atom stereocenters. The van der Waals surface area contributed by atoms with E-state index in [2.05, 4.69) is 0 Å². The van der Waals surface area contributed by atoms with Crippen molar-refractivity contribution in [3.05, 3.63) is 198 Å². The number of benzene rings is 8. The Kier molecular flexibility index (Phi) is 13.9. The second kappa shape index (κ2) is 21.4. The van der Waals surface area contributed by atoms with Gasteiger partial charge in [-0.1, -0.05) is 115 Å². The van der Waals surface area contributed by atoms with Gasteiger partial charge in [0.1, 0.15) is 35.4 Å². The summed E-state index contributed by atoms with van der Waals surface area (Å²) in [7, 11) is 6.01. The zero-order valence-corrected chi connectivity index (χ0v) is 43.0. The van der Waals surface area contributed by atoms with E-state index in [-0.39, 0.29) is 19.1 Å². The van der Waals surface area contributed by atoms with Gasteiger partial charge < -0.3 is 48.1 Å². The molecule has 3 aliphatic rings. The molecule has 0 amide bonds. The highest BCUT2D eigenvalue weighted by Crippen LogP contribution is 2.63. The number of rotatable bonds is 17. The molecule has 11 rings (SSSR count). The maximum Gasteiger partial charge on any atom is 0.315 e. The van der Waals surface area contributed by atoms with Crippen LogP contribution in [0.1, 0.15) is 51.5 Å². The Labute approximate surface area is 449 Å². The number of esters is 2.